The van der Waals surface area contributed by atoms with Crippen LogP contribution in [0.25, 0.3) is 42.7 Å². The van der Waals surface area contributed by atoms with Crippen LogP contribution >= 0.6 is 11.3 Å². The predicted octanol–water partition coefficient (Wildman–Crippen LogP) is 7.61. The number of nitrogens with one attached hydrogen (secondary N) is 1. The van der Waals surface area contributed by atoms with Crippen LogP contribution in [0.15, 0.2) is 91.1 Å². The first-order valence-electron chi connectivity index (χ1n) is 10.4. The normalized spacial score (nSPS) is 11.3. The Kier molecular flexibility index (Phi) is 4.47. The molecule has 3 aromatic heterocycles. The molecule has 0 aliphatic rings. The third kappa shape index (κ3) is 3.24. The fourth-order valence-corrected chi connectivity index (χ4v) is 5.16. The first-order valence-corrected chi connectivity index (χ1v) is 11.2. The Bertz CT molecular complexity index is 1570. The molecule has 0 aliphatic carbocycles. The number of pyridine rings is 1. The number of H-pyrrole nitrogens is 1. The van der Waals surface area contributed by atoms with Crippen molar-refractivity contribution in [1.82, 2.24) is 15.2 Å². The second kappa shape index (κ2) is 7.62. The van der Waals surface area contributed by atoms with Gasteiger partial charge in [-0.1, -0.05) is 42.5 Å². The van der Waals surface area contributed by atoms with Crippen molar-refractivity contribution in [2.45, 2.75) is 6.92 Å². The Balaban J connectivity index is 1.38. The molecule has 0 fully saturated rings. The second-order valence-electron chi connectivity index (χ2n) is 7.68. The van der Waals surface area contributed by atoms with Crippen molar-refractivity contribution in [3.63, 3.8) is 0 Å². The molecule has 0 radical (unpaired) electrons. The third-order valence-electron chi connectivity index (χ3n) is 5.64. The highest BCUT2D eigenvalue weighted by atomic mass is 32.1. The van der Waals surface area contributed by atoms with E-state index in [0.717, 1.165) is 33.8 Å². The zero-order valence-corrected chi connectivity index (χ0v) is 18.2. The van der Waals surface area contributed by atoms with Crippen molar-refractivity contribution in [2.24, 2.45) is 0 Å². The minimum atomic E-state index is 0.570. The van der Waals surface area contributed by atoms with Gasteiger partial charge in [-0.2, -0.15) is 5.10 Å². The molecule has 0 unspecified atom stereocenters. The fourth-order valence-electron chi connectivity index (χ4n) is 4.08. The molecule has 5 heteroatoms. The molecule has 32 heavy (non-hydrogen) atoms. The number of benzene rings is 3. The summed E-state index contributed by atoms with van der Waals surface area (Å²) in [5.74, 6) is 1.30. The van der Waals surface area contributed by atoms with E-state index >= 15 is 0 Å². The number of aromatic amines is 1. The SMILES string of the molecule is Cc1c(-c2cccc(Oc3ccccn3)c2)n[nH]c1-c1ccc2sc3ccccc3c2c1. The van der Waals surface area contributed by atoms with Crippen LogP contribution in [0, 0.1) is 6.92 Å². The van der Waals surface area contributed by atoms with Crippen LogP contribution in [-0.4, -0.2) is 15.2 Å². The van der Waals surface area contributed by atoms with Gasteiger partial charge in [-0.25, -0.2) is 4.98 Å². The molecule has 4 nitrogen and oxygen atoms in total. The maximum atomic E-state index is 5.90. The van der Waals surface area contributed by atoms with Crippen LogP contribution in [0.2, 0.25) is 0 Å². The quantitative estimate of drug-likeness (QED) is 0.311. The van der Waals surface area contributed by atoms with Gasteiger partial charge in [0.25, 0.3) is 0 Å². The number of hydrogen-bond donors (Lipinski definition) is 1. The van der Waals surface area contributed by atoms with Gasteiger partial charge in [-0.3, -0.25) is 5.10 Å². The predicted molar refractivity (Wildman–Crippen MR) is 131 cm³/mol. The fraction of sp³-hybridized carbons (Fsp3) is 0.0370. The van der Waals surface area contributed by atoms with Crippen LogP contribution in [0.5, 0.6) is 11.6 Å². The molecule has 3 heterocycles. The summed E-state index contributed by atoms with van der Waals surface area (Å²) in [6.45, 7) is 2.11. The first kappa shape index (κ1) is 18.8. The second-order valence-corrected chi connectivity index (χ2v) is 8.76. The molecular formula is C27H19N3OS. The van der Waals surface area contributed by atoms with Gasteiger partial charge in [0.2, 0.25) is 5.88 Å². The van der Waals surface area contributed by atoms with E-state index in [2.05, 4.69) is 64.6 Å². The molecule has 0 bridgehead atoms. The Labute approximate surface area is 189 Å². The Morgan fingerprint density at radius 1 is 0.781 bits per heavy atom. The molecule has 0 saturated carbocycles. The molecule has 0 atom stereocenters. The number of rotatable bonds is 4. The van der Waals surface area contributed by atoms with Crippen molar-refractivity contribution in [2.75, 3.05) is 0 Å². The average Bonchev–Trinajstić information content (AvgIpc) is 3.40. The topological polar surface area (TPSA) is 50.8 Å². The van der Waals surface area contributed by atoms with Gasteiger partial charge in [-0.05, 0) is 43.3 Å². The van der Waals surface area contributed by atoms with Crippen molar-refractivity contribution < 1.29 is 4.74 Å². The van der Waals surface area contributed by atoms with Crippen LogP contribution in [0.1, 0.15) is 5.56 Å². The van der Waals surface area contributed by atoms with Crippen LogP contribution < -0.4 is 4.74 Å². The van der Waals surface area contributed by atoms with Gasteiger partial charge < -0.3 is 4.74 Å². The molecule has 0 spiro atoms. The molecular weight excluding hydrogens is 414 g/mol. The number of ether oxygens (including phenoxy) is 1. The summed E-state index contributed by atoms with van der Waals surface area (Å²) in [5.41, 5.74) is 5.20. The van der Waals surface area contributed by atoms with E-state index < -0.39 is 0 Å². The summed E-state index contributed by atoms with van der Waals surface area (Å²) in [4.78, 5) is 4.24. The van der Waals surface area contributed by atoms with E-state index in [1.807, 2.05) is 53.8 Å². The lowest BCUT2D eigenvalue weighted by molar-refractivity contribution is 0.463. The minimum absolute atomic E-state index is 0.570. The Hall–Kier alpha value is -3.96. The summed E-state index contributed by atoms with van der Waals surface area (Å²) in [6, 6.07) is 28.8. The smallest absolute Gasteiger partial charge is 0.219 e. The number of aromatic nitrogens is 3. The molecule has 0 saturated heterocycles. The molecule has 0 aliphatic heterocycles. The number of fused-ring (bicyclic) bond motifs is 3. The maximum Gasteiger partial charge on any atom is 0.219 e. The summed E-state index contributed by atoms with van der Waals surface area (Å²) in [6.07, 6.45) is 1.72. The van der Waals surface area contributed by atoms with Crippen LogP contribution in [0.4, 0.5) is 0 Å². The van der Waals surface area contributed by atoms with Crippen molar-refractivity contribution in [3.05, 3.63) is 96.7 Å². The van der Waals surface area contributed by atoms with E-state index in [4.69, 9.17) is 4.74 Å². The highest BCUT2D eigenvalue weighted by Gasteiger charge is 2.15. The van der Waals surface area contributed by atoms with Gasteiger partial charge >= 0.3 is 0 Å². The van der Waals surface area contributed by atoms with E-state index in [-0.39, 0.29) is 0 Å². The van der Waals surface area contributed by atoms with E-state index in [1.54, 1.807) is 6.20 Å². The van der Waals surface area contributed by atoms with Crippen LogP contribution in [0.3, 0.4) is 0 Å². The van der Waals surface area contributed by atoms with E-state index in [9.17, 15) is 0 Å². The Morgan fingerprint density at radius 2 is 1.66 bits per heavy atom. The highest BCUT2D eigenvalue weighted by Crippen LogP contribution is 2.38. The van der Waals surface area contributed by atoms with E-state index in [0.29, 0.717) is 5.88 Å². The molecule has 1 N–H and O–H groups in total. The lowest BCUT2D eigenvalue weighted by Crippen LogP contribution is -1.88. The average molecular weight is 434 g/mol. The highest BCUT2D eigenvalue weighted by molar-refractivity contribution is 7.25. The Morgan fingerprint density at radius 3 is 2.56 bits per heavy atom. The minimum Gasteiger partial charge on any atom is -0.439 e. The lowest BCUT2D eigenvalue weighted by atomic mass is 10.0. The molecule has 3 aromatic carbocycles. The maximum absolute atomic E-state index is 5.90. The molecule has 6 rings (SSSR count). The van der Waals surface area contributed by atoms with Gasteiger partial charge in [0.1, 0.15) is 5.75 Å². The summed E-state index contributed by atoms with van der Waals surface area (Å²) in [5, 5.41) is 10.5. The molecule has 0 amide bonds. The van der Waals surface area contributed by atoms with Gasteiger partial charge in [-0.15, -0.1) is 11.3 Å². The lowest BCUT2D eigenvalue weighted by Gasteiger charge is -2.06. The zero-order valence-electron chi connectivity index (χ0n) is 17.4. The summed E-state index contributed by atoms with van der Waals surface area (Å²) in [7, 11) is 0. The number of hydrogen-bond acceptors (Lipinski definition) is 4. The van der Waals surface area contributed by atoms with Gasteiger partial charge in [0, 0.05) is 49.1 Å². The molecule has 6 aromatic rings. The largest absolute Gasteiger partial charge is 0.439 e. The first-order chi connectivity index (χ1) is 15.8. The monoisotopic (exact) mass is 433 g/mol. The van der Waals surface area contributed by atoms with Crippen LogP contribution in [-0.2, 0) is 0 Å². The summed E-state index contributed by atoms with van der Waals surface area (Å²) < 4.78 is 8.51. The number of thiophene rings is 1. The third-order valence-corrected chi connectivity index (χ3v) is 6.79. The zero-order chi connectivity index (χ0) is 21.5. The van der Waals surface area contributed by atoms with Gasteiger partial charge in [0.05, 0.1) is 11.4 Å². The van der Waals surface area contributed by atoms with Crippen molar-refractivity contribution >= 4 is 31.5 Å². The number of nitrogens with zero attached hydrogens (tertiary/aromatic N) is 2. The van der Waals surface area contributed by atoms with E-state index in [1.165, 1.54) is 20.2 Å². The van der Waals surface area contributed by atoms with Crippen molar-refractivity contribution in [1.29, 1.82) is 0 Å². The summed E-state index contributed by atoms with van der Waals surface area (Å²) >= 11 is 1.83. The van der Waals surface area contributed by atoms with Gasteiger partial charge in [0.15, 0.2) is 0 Å². The van der Waals surface area contributed by atoms with Crippen molar-refractivity contribution in [3.8, 4) is 34.1 Å². The molecule has 154 valence electrons. The standard InChI is InChI=1S/C27H19N3OS/c1-17-26(18-7-6-8-20(15-18)31-25-11-4-5-14-28-25)29-30-27(17)19-12-13-24-22(16-19)21-9-2-3-10-23(21)32-24/h2-16H,1H3,(H,29,30).